The van der Waals surface area contributed by atoms with Crippen molar-refractivity contribution >= 4 is 13.5 Å². The van der Waals surface area contributed by atoms with E-state index in [2.05, 4.69) is 19.6 Å². The first-order valence-electron chi connectivity index (χ1n) is 5.65. The Balaban J connectivity index is 2.63. The van der Waals surface area contributed by atoms with E-state index in [0.717, 1.165) is 18.2 Å². The molecule has 15 heavy (non-hydrogen) atoms. The Bertz CT molecular complexity index is 426. The molecule has 0 spiro atoms. The van der Waals surface area contributed by atoms with E-state index in [1.807, 2.05) is 0 Å². The minimum atomic E-state index is -1.51. The van der Waals surface area contributed by atoms with Crippen LogP contribution in [-0.2, 0) is 12.8 Å². The van der Waals surface area contributed by atoms with Crippen LogP contribution in [0.1, 0.15) is 24.0 Å². The van der Waals surface area contributed by atoms with Crippen LogP contribution in [0.15, 0.2) is 15.3 Å². The molecule has 0 aromatic carbocycles. The van der Waals surface area contributed by atoms with Gasteiger partial charge >= 0.3 is 5.63 Å². The summed E-state index contributed by atoms with van der Waals surface area (Å²) in [6.07, 6.45) is 4.59. The first-order valence-corrected chi connectivity index (χ1v) is 9.15. The number of hydrogen-bond donors (Lipinski definition) is 0. The Morgan fingerprint density at radius 1 is 1.20 bits per heavy atom. The molecule has 0 bridgehead atoms. The van der Waals surface area contributed by atoms with Gasteiger partial charge in [-0.3, -0.25) is 0 Å². The highest BCUT2D eigenvalue weighted by Crippen LogP contribution is 2.20. The van der Waals surface area contributed by atoms with Gasteiger partial charge < -0.3 is 4.42 Å². The van der Waals surface area contributed by atoms with E-state index in [1.165, 1.54) is 24.0 Å². The van der Waals surface area contributed by atoms with Crippen molar-refractivity contribution in [1.82, 2.24) is 0 Å². The molecule has 0 aliphatic heterocycles. The normalized spacial score (nSPS) is 16.2. The second-order valence-electron chi connectivity index (χ2n) is 5.36. The predicted molar refractivity (Wildman–Crippen MR) is 64.6 cm³/mol. The maximum Gasteiger partial charge on any atom is 0.335 e. The van der Waals surface area contributed by atoms with Crippen molar-refractivity contribution in [2.24, 2.45) is 0 Å². The molecule has 1 heterocycles. The molecule has 0 fully saturated rings. The summed E-state index contributed by atoms with van der Waals surface area (Å²) >= 11 is 0. The molecule has 0 amide bonds. The molecule has 2 rings (SSSR count). The van der Waals surface area contributed by atoms with Gasteiger partial charge in [-0.25, -0.2) is 4.79 Å². The van der Waals surface area contributed by atoms with Crippen molar-refractivity contribution in [1.29, 1.82) is 0 Å². The van der Waals surface area contributed by atoms with E-state index >= 15 is 0 Å². The fraction of sp³-hybridized carbons (Fsp3) is 0.583. The molecule has 1 aromatic rings. The van der Waals surface area contributed by atoms with E-state index in [1.54, 1.807) is 6.07 Å². The van der Waals surface area contributed by atoms with Crippen LogP contribution in [0.5, 0.6) is 0 Å². The Labute approximate surface area is 91.3 Å². The maximum absolute atomic E-state index is 11.5. The highest BCUT2D eigenvalue weighted by molar-refractivity contribution is 6.88. The predicted octanol–water partition coefficient (Wildman–Crippen LogP) is 2.06. The minimum absolute atomic E-state index is 0.159. The van der Waals surface area contributed by atoms with Crippen LogP contribution in [-0.4, -0.2) is 8.07 Å². The van der Waals surface area contributed by atoms with Crippen LogP contribution >= 0.6 is 0 Å². The summed E-state index contributed by atoms with van der Waals surface area (Å²) in [7, 11) is -1.51. The molecule has 0 saturated heterocycles. The van der Waals surface area contributed by atoms with Gasteiger partial charge in [0.2, 0.25) is 0 Å². The van der Waals surface area contributed by atoms with Crippen molar-refractivity contribution < 1.29 is 4.42 Å². The topological polar surface area (TPSA) is 30.2 Å². The molecule has 0 radical (unpaired) electrons. The van der Waals surface area contributed by atoms with Crippen molar-refractivity contribution in [3.05, 3.63) is 27.6 Å². The summed E-state index contributed by atoms with van der Waals surface area (Å²) in [5.41, 5.74) is 2.43. The molecule has 82 valence electrons. The summed E-state index contributed by atoms with van der Waals surface area (Å²) in [5, 5.41) is 1.03. The van der Waals surface area contributed by atoms with Crippen LogP contribution in [0, 0.1) is 0 Å². The second kappa shape index (κ2) is 3.63. The van der Waals surface area contributed by atoms with E-state index in [4.69, 9.17) is 4.42 Å². The first-order chi connectivity index (χ1) is 6.98. The molecular formula is C12H18O2Si. The van der Waals surface area contributed by atoms with Crippen LogP contribution in [0.25, 0.3) is 0 Å². The molecule has 1 aliphatic carbocycles. The van der Waals surface area contributed by atoms with E-state index in [-0.39, 0.29) is 5.63 Å². The van der Waals surface area contributed by atoms with Crippen molar-refractivity contribution in [3.8, 4) is 0 Å². The van der Waals surface area contributed by atoms with Crippen LogP contribution in [0.3, 0.4) is 0 Å². The smallest absolute Gasteiger partial charge is 0.335 e. The summed E-state index contributed by atoms with van der Waals surface area (Å²) < 4.78 is 5.45. The van der Waals surface area contributed by atoms with Gasteiger partial charge in [-0.15, -0.1) is 0 Å². The van der Waals surface area contributed by atoms with Gasteiger partial charge in [0.15, 0.2) is 0 Å². The quantitative estimate of drug-likeness (QED) is 0.681. The molecule has 0 N–H and O–H groups in total. The highest BCUT2D eigenvalue weighted by atomic mass is 28.3. The third-order valence-corrected chi connectivity index (χ3v) is 4.73. The van der Waals surface area contributed by atoms with Gasteiger partial charge in [0.25, 0.3) is 0 Å². The molecule has 0 saturated carbocycles. The molecular weight excluding hydrogens is 204 g/mol. The lowest BCUT2D eigenvalue weighted by Gasteiger charge is -2.23. The van der Waals surface area contributed by atoms with Crippen LogP contribution in [0.2, 0.25) is 19.6 Å². The summed E-state index contributed by atoms with van der Waals surface area (Å²) in [6, 6.07) is 1.69. The van der Waals surface area contributed by atoms with Crippen molar-refractivity contribution in [2.75, 3.05) is 0 Å². The Morgan fingerprint density at radius 2 is 1.87 bits per heavy atom. The zero-order valence-electron chi connectivity index (χ0n) is 9.72. The zero-order chi connectivity index (χ0) is 11.1. The van der Waals surface area contributed by atoms with Crippen molar-refractivity contribution in [3.63, 3.8) is 0 Å². The van der Waals surface area contributed by atoms with Gasteiger partial charge in [0, 0.05) is 6.07 Å². The fourth-order valence-corrected chi connectivity index (χ4v) is 3.88. The molecule has 0 unspecified atom stereocenters. The summed E-state index contributed by atoms with van der Waals surface area (Å²) in [4.78, 5) is 11.5. The highest BCUT2D eigenvalue weighted by Gasteiger charge is 2.27. The SMILES string of the molecule is C[Si](C)(C)c1oc(=O)cc2c1CCCC2. The van der Waals surface area contributed by atoms with E-state index in [0.29, 0.717) is 0 Å². The minimum Gasteiger partial charge on any atom is -0.433 e. The largest absolute Gasteiger partial charge is 0.433 e. The van der Waals surface area contributed by atoms with E-state index < -0.39 is 8.07 Å². The summed E-state index contributed by atoms with van der Waals surface area (Å²) in [5.74, 6) is 0. The number of fused-ring (bicyclic) bond motifs is 1. The van der Waals surface area contributed by atoms with Gasteiger partial charge in [0.05, 0.1) is 5.38 Å². The second-order valence-corrected chi connectivity index (χ2v) is 10.3. The zero-order valence-corrected chi connectivity index (χ0v) is 10.7. The fourth-order valence-electron chi connectivity index (χ4n) is 2.29. The molecule has 3 heteroatoms. The lowest BCUT2D eigenvalue weighted by atomic mass is 9.94. The average Bonchev–Trinajstić information content (AvgIpc) is 2.15. The Kier molecular flexibility index (Phi) is 2.59. The van der Waals surface area contributed by atoms with E-state index in [9.17, 15) is 4.79 Å². The number of hydrogen-bond acceptors (Lipinski definition) is 2. The third kappa shape index (κ3) is 2.07. The maximum atomic E-state index is 11.5. The van der Waals surface area contributed by atoms with Gasteiger partial charge in [-0.05, 0) is 36.8 Å². The monoisotopic (exact) mass is 222 g/mol. The van der Waals surface area contributed by atoms with Gasteiger partial charge in [-0.2, -0.15) is 0 Å². The number of rotatable bonds is 1. The first kappa shape index (κ1) is 10.7. The lowest BCUT2D eigenvalue weighted by molar-refractivity contribution is 0.521. The molecule has 2 nitrogen and oxygen atoms in total. The van der Waals surface area contributed by atoms with Gasteiger partial charge in [0.1, 0.15) is 8.07 Å². The van der Waals surface area contributed by atoms with Crippen molar-refractivity contribution in [2.45, 2.75) is 45.3 Å². The lowest BCUT2D eigenvalue weighted by Crippen LogP contribution is -2.43. The molecule has 0 atom stereocenters. The Hall–Kier alpha value is -0.833. The summed E-state index contributed by atoms with van der Waals surface area (Å²) in [6.45, 7) is 6.71. The Morgan fingerprint density at radius 3 is 2.53 bits per heavy atom. The molecule has 1 aliphatic rings. The van der Waals surface area contributed by atoms with Crippen LogP contribution < -0.4 is 11.0 Å². The average molecular weight is 222 g/mol. The standard InChI is InChI=1S/C12H18O2Si/c1-15(2,3)12-10-7-5-4-6-9(10)8-11(13)14-12/h8H,4-7H2,1-3H3. The third-order valence-electron chi connectivity index (χ3n) is 2.96. The van der Waals surface area contributed by atoms with Gasteiger partial charge in [-0.1, -0.05) is 19.6 Å². The number of aryl methyl sites for hydroxylation is 1. The van der Waals surface area contributed by atoms with Crippen LogP contribution in [0.4, 0.5) is 0 Å². The molecule has 1 aromatic heterocycles.